The molecule has 1 N–H and O–H groups in total. The Morgan fingerprint density at radius 1 is 1.15 bits per heavy atom. The summed E-state index contributed by atoms with van der Waals surface area (Å²) < 4.78 is 5.10. The summed E-state index contributed by atoms with van der Waals surface area (Å²) in [6, 6.07) is 8.06. The first-order valence-corrected chi connectivity index (χ1v) is 8.94. The smallest absolute Gasteiger partial charge is 0.272 e. The predicted octanol–water partition coefficient (Wildman–Crippen LogP) is 2.38. The number of nitrogens with one attached hydrogen (secondary N) is 1. The Morgan fingerprint density at radius 2 is 1.89 bits per heavy atom. The van der Waals surface area contributed by atoms with Crippen molar-refractivity contribution in [1.82, 2.24) is 14.8 Å². The molecule has 1 aromatic heterocycles. The quantitative estimate of drug-likeness (QED) is 0.870. The number of anilines is 1. The maximum atomic E-state index is 12.6. The molecule has 1 saturated heterocycles. The fourth-order valence-electron chi connectivity index (χ4n) is 2.81. The first-order chi connectivity index (χ1) is 13.0. The van der Waals surface area contributed by atoms with Crippen LogP contribution in [0, 0.1) is 0 Å². The van der Waals surface area contributed by atoms with Crippen LogP contribution in [0.2, 0.25) is 5.02 Å². The Hall–Kier alpha value is -2.64. The molecule has 0 aliphatic carbocycles. The van der Waals surface area contributed by atoms with Gasteiger partial charge in [0.1, 0.15) is 11.4 Å². The molecule has 1 fully saturated rings. The number of aromatic nitrogens is 1. The molecule has 1 aromatic carbocycles. The number of pyridine rings is 1. The van der Waals surface area contributed by atoms with E-state index in [9.17, 15) is 9.59 Å². The van der Waals surface area contributed by atoms with Crippen LogP contribution in [-0.4, -0.2) is 66.9 Å². The molecule has 142 valence electrons. The van der Waals surface area contributed by atoms with Crippen molar-refractivity contribution in [1.29, 1.82) is 0 Å². The van der Waals surface area contributed by atoms with Gasteiger partial charge in [0.2, 0.25) is 0 Å². The molecule has 1 aliphatic heterocycles. The van der Waals surface area contributed by atoms with Crippen LogP contribution in [0.15, 0.2) is 36.5 Å². The highest BCUT2D eigenvalue weighted by Crippen LogP contribution is 2.27. The molecular formula is C19H21ClN4O3. The number of piperazine rings is 1. The van der Waals surface area contributed by atoms with Crippen LogP contribution >= 0.6 is 11.6 Å². The Bertz CT molecular complexity index is 851. The van der Waals surface area contributed by atoms with E-state index in [1.165, 1.54) is 19.4 Å². The van der Waals surface area contributed by atoms with E-state index in [1.807, 2.05) is 7.05 Å². The van der Waals surface area contributed by atoms with Crippen molar-refractivity contribution in [3.05, 3.63) is 52.8 Å². The van der Waals surface area contributed by atoms with Crippen molar-refractivity contribution in [2.45, 2.75) is 0 Å². The Kier molecular flexibility index (Phi) is 5.93. The second-order valence-corrected chi connectivity index (χ2v) is 6.74. The number of likely N-dealkylation sites (N-methyl/N-ethyl adjacent to an activating group) is 1. The minimum absolute atomic E-state index is 0.162. The second-order valence-electron chi connectivity index (χ2n) is 6.33. The summed E-state index contributed by atoms with van der Waals surface area (Å²) in [6.45, 7) is 2.95. The average Bonchev–Trinajstić information content (AvgIpc) is 2.68. The van der Waals surface area contributed by atoms with Gasteiger partial charge in [-0.05, 0) is 37.4 Å². The third-order valence-electron chi connectivity index (χ3n) is 4.44. The number of hydrogen-bond acceptors (Lipinski definition) is 5. The van der Waals surface area contributed by atoms with E-state index in [1.54, 1.807) is 29.2 Å². The van der Waals surface area contributed by atoms with E-state index < -0.39 is 0 Å². The van der Waals surface area contributed by atoms with E-state index >= 15 is 0 Å². The normalized spacial score (nSPS) is 14.7. The minimum atomic E-state index is -0.342. The van der Waals surface area contributed by atoms with E-state index in [0.717, 1.165) is 13.1 Å². The second kappa shape index (κ2) is 8.37. The third-order valence-corrected chi connectivity index (χ3v) is 4.74. The van der Waals surface area contributed by atoms with Crippen molar-refractivity contribution in [2.24, 2.45) is 0 Å². The summed E-state index contributed by atoms with van der Waals surface area (Å²) in [5.41, 5.74) is 1.16. The average molecular weight is 389 g/mol. The van der Waals surface area contributed by atoms with Crippen molar-refractivity contribution >= 4 is 29.1 Å². The lowest BCUT2D eigenvalue weighted by Gasteiger charge is -2.32. The minimum Gasteiger partial charge on any atom is -0.495 e. The highest BCUT2D eigenvalue weighted by molar-refractivity contribution is 6.32. The topological polar surface area (TPSA) is 74.8 Å². The van der Waals surface area contributed by atoms with Crippen molar-refractivity contribution < 1.29 is 14.3 Å². The molecule has 0 saturated carbocycles. The maximum Gasteiger partial charge on any atom is 0.272 e. The summed E-state index contributed by atoms with van der Waals surface area (Å²) in [6.07, 6.45) is 1.47. The van der Waals surface area contributed by atoms with E-state index in [4.69, 9.17) is 16.3 Å². The third kappa shape index (κ3) is 4.56. The molecule has 27 heavy (non-hydrogen) atoms. The number of nitrogens with zero attached hydrogens (tertiary/aromatic N) is 3. The van der Waals surface area contributed by atoms with Crippen LogP contribution in [0.25, 0.3) is 0 Å². The number of carbonyl (C=O) groups is 2. The van der Waals surface area contributed by atoms with Gasteiger partial charge in [-0.2, -0.15) is 0 Å². The zero-order valence-electron chi connectivity index (χ0n) is 15.2. The number of hydrogen-bond donors (Lipinski definition) is 1. The van der Waals surface area contributed by atoms with Gasteiger partial charge in [-0.3, -0.25) is 14.6 Å². The molecule has 0 bridgehead atoms. The van der Waals surface area contributed by atoms with Gasteiger partial charge >= 0.3 is 0 Å². The van der Waals surface area contributed by atoms with Gasteiger partial charge in [0.25, 0.3) is 11.8 Å². The number of ether oxygens (including phenoxy) is 1. The molecule has 3 rings (SSSR count). The number of carbonyl (C=O) groups excluding carboxylic acids is 2. The van der Waals surface area contributed by atoms with Crippen molar-refractivity contribution in [3.63, 3.8) is 0 Å². The number of amides is 2. The van der Waals surface area contributed by atoms with Crippen LogP contribution in [0.4, 0.5) is 5.69 Å². The fourth-order valence-corrected chi connectivity index (χ4v) is 3.07. The highest BCUT2D eigenvalue weighted by Gasteiger charge is 2.22. The molecule has 0 radical (unpaired) electrons. The number of methoxy groups -OCH3 is 1. The van der Waals surface area contributed by atoms with Crippen LogP contribution in [0.5, 0.6) is 5.75 Å². The van der Waals surface area contributed by atoms with Gasteiger partial charge in [0.15, 0.2) is 0 Å². The van der Waals surface area contributed by atoms with Gasteiger partial charge in [-0.1, -0.05) is 11.6 Å². The number of halogens is 1. The lowest BCUT2D eigenvalue weighted by molar-refractivity contribution is 0.0658. The van der Waals surface area contributed by atoms with Gasteiger partial charge in [-0.15, -0.1) is 0 Å². The van der Waals surface area contributed by atoms with E-state index in [0.29, 0.717) is 35.1 Å². The van der Waals surface area contributed by atoms with Gasteiger partial charge in [0.05, 0.1) is 12.1 Å². The Morgan fingerprint density at radius 3 is 2.56 bits per heavy atom. The number of rotatable bonds is 4. The lowest BCUT2D eigenvalue weighted by Crippen LogP contribution is -2.47. The maximum absolute atomic E-state index is 12.6. The fraction of sp³-hybridized carbons (Fsp3) is 0.316. The zero-order chi connectivity index (χ0) is 19.4. The van der Waals surface area contributed by atoms with Crippen LogP contribution < -0.4 is 10.1 Å². The predicted molar refractivity (Wildman–Crippen MR) is 104 cm³/mol. The summed E-state index contributed by atoms with van der Waals surface area (Å²) in [5.74, 6) is 0.0231. The van der Waals surface area contributed by atoms with E-state index in [2.05, 4.69) is 15.2 Å². The van der Waals surface area contributed by atoms with Crippen LogP contribution in [-0.2, 0) is 0 Å². The molecular weight excluding hydrogens is 368 g/mol. The first-order valence-electron chi connectivity index (χ1n) is 8.56. The molecule has 0 atom stereocenters. The Labute approximate surface area is 162 Å². The Balaban J connectivity index is 1.72. The standard InChI is InChI=1S/C19H21ClN4O3/c1-23-7-9-24(10-8-23)19(26)16-11-13(5-6-21-16)18(25)22-14-3-4-17(27-2)15(20)12-14/h3-6,11-12H,7-10H2,1-2H3,(H,22,25). The van der Waals surface area contributed by atoms with Gasteiger partial charge < -0.3 is 19.9 Å². The van der Waals surface area contributed by atoms with E-state index in [-0.39, 0.29) is 17.5 Å². The van der Waals surface area contributed by atoms with Gasteiger partial charge in [0, 0.05) is 43.6 Å². The van der Waals surface area contributed by atoms with Crippen molar-refractivity contribution in [2.75, 3.05) is 45.7 Å². The monoisotopic (exact) mass is 388 g/mol. The van der Waals surface area contributed by atoms with Crippen LogP contribution in [0.1, 0.15) is 20.8 Å². The SMILES string of the molecule is COc1ccc(NC(=O)c2ccnc(C(=O)N3CCN(C)CC3)c2)cc1Cl. The largest absolute Gasteiger partial charge is 0.495 e. The molecule has 2 heterocycles. The van der Waals surface area contributed by atoms with Crippen LogP contribution in [0.3, 0.4) is 0 Å². The lowest BCUT2D eigenvalue weighted by atomic mass is 10.2. The number of benzene rings is 1. The molecule has 8 heteroatoms. The molecule has 2 amide bonds. The molecule has 2 aromatic rings. The summed E-state index contributed by atoms with van der Waals surface area (Å²) in [4.78, 5) is 33.2. The molecule has 7 nitrogen and oxygen atoms in total. The van der Waals surface area contributed by atoms with Gasteiger partial charge in [-0.25, -0.2) is 0 Å². The molecule has 1 aliphatic rings. The zero-order valence-corrected chi connectivity index (χ0v) is 16.0. The molecule has 0 spiro atoms. The van der Waals surface area contributed by atoms with Crippen molar-refractivity contribution in [3.8, 4) is 5.75 Å². The summed E-state index contributed by atoms with van der Waals surface area (Å²) in [7, 11) is 3.55. The highest BCUT2D eigenvalue weighted by atomic mass is 35.5. The molecule has 0 unspecified atom stereocenters. The summed E-state index contributed by atoms with van der Waals surface area (Å²) >= 11 is 6.08. The first kappa shape index (κ1) is 19.1. The summed E-state index contributed by atoms with van der Waals surface area (Å²) in [5, 5.41) is 3.16.